The van der Waals surface area contributed by atoms with Crippen LogP contribution in [0.25, 0.3) is 0 Å². The van der Waals surface area contributed by atoms with Crippen LogP contribution in [0, 0.1) is 5.82 Å². The molecule has 192 valence electrons. The van der Waals surface area contributed by atoms with E-state index in [4.69, 9.17) is 16.3 Å². The molecule has 0 aliphatic heterocycles. The van der Waals surface area contributed by atoms with Gasteiger partial charge in [0.25, 0.3) is 0 Å². The lowest BCUT2D eigenvalue weighted by atomic mass is 10.1. The first-order chi connectivity index (χ1) is 16.4. The number of sulfonamides is 1. The van der Waals surface area contributed by atoms with Crippen LogP contribution in [0.5, 0.6) is 5.75 Å². The Morgan fingerprint density at radius 2 is 1.77 bits per heavy atom. The lowest BCUT2D eigenvalue weighted by molar-refractivity contribution is -0.139. The maximum atomic E-state index is 13.5. The molecule has 0 saturated heterocycles. The Bertz CT molecular complexity index is 1140. The molecule has 1 N–H and O–H groups in total. The number of methoxy groups -OCH3 is 1. The SMILES string of the molecule is CCC(C)NC(=O)C(C)N(Cc1ccc(F)cc1)C(=O)CN(c1ccc(OC)c(Cl)c1)S(C)(=O)=O. The van der Waals surface area contributed by atoms with Gasteiger partial charge in [-0.15, -0.1) is 0 Å². The van der Waals surface area contributed by atoms with Crippen molar-refractivity contribution in [3.63, 3.8) is 0 Å². The number of hydrogen-bond donors (Lipinski definition) is 1. The molecule has 8 nitrogen and oxygen atoms in total. The van der Waals surface area contributed by atoms with Gasteiger partial charge in [0.05, 0.1) is 24.1 Å². The van der Waals surface area contributed by atoms with E-state index in [0.29, 0.717) is 17.7 Å². The smallest absolute Gasteiger partial charge is 0.244 e. The molecule has 2 aromatic rings. The second-order valence-corrected chi connectivity index (χ2v) is 10.5. The van der Waals surface area contributed by atoms with E-state index in [9.17, 15) is 22.4 Å². The predicted molar refractivity (Wildman–Crippen MR) is 135 cm³/mol. The third-order valence-corrected chi connectivity index (χ3v) is 6.97. The minimum absolute atomic E-state index is 0.0187. The van der Waals surface area contributed by atoms with Gasteiger partial charge in [0.1, 0.15) is 24.2 Å². The van der Waals surface area contributed by atoms with Gasteiger partial charge in [0.15, 0.2) is 0 Å². The zero-order chi connectivity index (χ0) is 26.3. The molecule has 0 radical (unpaired) electrons. The number of halogens is 2. The molecule has 0 aliphatic carbocycles. The highest BCUT2D eigenvalue weighted by Crippen LogP contribution is 2.30. The molecule has 35 heavy (non-hydrogen) atoms. The number of benzene rings is 2. The van der Waals surface area contributed by atoms with E-state index in [1.54, 1.807) is 6.92 Å². The third kappa shape index (κ3) is 7.83. The molecule has 0 fully saturated rings. The van der Waals surface area contributed by atoms with Crippen LogP contribution in [0.3, 0.4) is 0 Å². The lowest BCUT2D eigenvalue weighted by Crippen LogP contribution is -2.52. The highest BCUT2D eigenvalue weighted by Gasteiger charge is 2.30. The number of anilines is 1. The van der Waals surface area contributed by atoms with Crippen molar-refractivity contribution in [2.75, 3.05) is 24.2 Å². The maximum Gasteiger partial charge on any atom is 0.244 e. The summed E-state index contributed by atoms with van der Waals surface area (Å²) in [7, 11) is -2.47. The molecule has 0 aliphatic rings. The molecule has 0 saturated carbocycles. The fourth-order valence-corrected chi connectivity index (χ4v) is 4.35. The number of amides is 2. The molecule has 2 atom stereocenters. The van der Waals surface area contributed by atoms with Crippen LogP contribution in [0.15, 0.2) is 42.5 Å². The summed E-state index contributed by atoms with van der Waals surface area (Å²) in [5.74, 6) is -1.08. The number of ether oxygens (including phenoxy) is 1. The predicted octanol–water partition coefficient (Wildman–Crippen LogP) is 3.59. The van der Waals surface area contributed by atoms with Crippen LogP contribution in [0.4, 0.5) is 10.1 Å². The molecular weight excluding hydrogens is 497 g/mol. The molecule has 2 aromatic carbocycles. The second-order valence-electron chi connectivity index (χ2n) is 8.23. The number of rotatable bonds is 11. The zero-order valence-corrected chi connectivity index (χ0v) is 22.0. The summed E-state index contributed by atoms with van der Waals surface area (Å²) in [5, 5.41) is 3.02. The fraction of sp³-hybridized carbons (Fsp3) is 0.417. The average molecular weight is 528 g/mol. The summed E-state index contributed by atoms with van der Waals surface area (Å²) in [6.45, 7) is 4.74. The molecule has 0 heterocycles. The highest BCUT2D eigenvalue weighted by molar-refractivity contribution is 7.92. The van der Waals surface area contributed by atoms with E-state index >= 15 is 0 Å². The van der Waals surface area contributed by atoms with Gasteiger partial charge in [0, 0.05) is 12.6 Å². The lowest BCUT2D eigenvalue weighted by Gasteiger charge is -2.32. The van der Waals surface area contributed by atoms with Gasteiger partial charge < -0.3 is 15.0 Å². The Morgan fingerprint density at radius 3 is 2.29 bits per heavy atom. The molecule has 0 aromatic heterocycles. The normalized spacial score (nSPS) is 13.0. The molecule has 11 heteroatoms. The summed E-state index contributed by atoms with van der Waals surface area (Å²) in [6.07, 6.45) is 1.67. The topological polar surface area (TPSA) is 96.0 Å². The van der Waals surface area contributed by atoms with Crippen molar-refractivity contribution in [3.8, 4) is 5.75 Å². The molecule has 2 unspecified atom stereocenters. The van der Waals surface area contributed by atoms with Crippen molar-refractivity contribution in [1.29, 1.82) is 0 Å². The summed E-state index contributed by atoms with van der Waals surface area (Å²) >= 11 is 6.17. The van der Waals surface area contributed by atoms with Crippen LogP contribution >= 0.6 is 11.6 Å². The van der Waals surface area contributed by atoms with Gasteiger partial charge >= 0.3 is 0 Å². The van der Waals surface area contributed by atoms with Crippen molar-refractivity contribution in [1.82, 2.24) is 10.2 Å². The van der Waals surface area contributed by atoms with Crippen molar-refractivity contribution < 1.29 is 27.1 Å². The first kappa shape index (κ1) is 28.4. The summed E-state index contributed by atoms with van der Waals surface area (Å²) in [6, 6.07) is 8.86. The standard InChI is InChI=1S/C24H31ClFN3O5S/c1-6-16(2)27-24(31)17(3)28(14-18-7-9-19(26)10-8-18)23(30)15-29(35(5,32)33)20-11-12-22(34-4)21(25)13-20/h7-13,16-17H,6,14-15H2,1-5H3,(H,27,31). The van der Waals surface area contributed by atoms with Gasteiger partial charge in [-0.25, -0.2) is 12.8 Å². The zero-order valence-electron chi connectivity index (χ0n) is 20.4. The van der Waals surface area contributed by atoms with Gasteiger partial charge in [-0.3, -0.25) is 13.9 Å². The Hall–Kier alpha value is -2.85. The summed E-state index contributed by atoms with van der Waals surface area (Å²) in [5.41, 5.74) is 0.756. The first-order valence-electron chi connectivity index (χ1n) is 11.0. The minimum Gasteiger partial charge on any atom is -0.495 e. The van der Waals surface area contributed by atoms with Gasteiger partial charge in [-0.2, -0.15) is 0 Å². The van der Waals surface area contributed by atoms with E-state index in [2.05, 4.69) is 5.32 Å². The molecule has 0 spiro atoms. The molecule has 2 rings (SSSR count). The Labute approximate surface area is 211 Å². The van der Waals surface area contributed by atoms with Crippen molar-refractivity contribution in [3.05, 3.63) is 58.9 Å². The first-order valence-corrected chi connectivity index (χ1v) is 13.3. The molecule has 2 amide bonds. The van der Waals surface area contributed by atoms with Gasteiger partial charge in [-0.05, 0) is 56.2 Å². The van der Waals surface area contributed by atoms with E-state index in [0.717, 1.165) is 10.6 Å². The van der Waals surface area contributed by atoms with Crippen LogP contribution in [0.2, 0.25) is 5.02 Å². The molecular formula is C24H31ClFN3O5S. The van der Waals surface area contributed by atoms with Crippen LogP contribution in [-0.2, 0) is 26.2 Å². The van der Waals surface area contributed by atoms with Crippen molar-refractivity contribution in [2.24, 2.45) is 0 Å². The van der Waals surface area contributed by atoms with Crippen molar-refractivity contribution >= 4 is 39.1 Å². The third-order valence-electron chi connectivity index (χ3n) is 5.54. The monoisotopic (exact) mass is 527 g/mol. The van der Waals surface area contributed by atoms with Crippen LogP contribution in [-0.4, -0.2) is 57.1 Å². The number of carbonyl (C=O) groups excluding carboxylic acids is 2. The highest BCUT2D eigenvalue weighted by atomic mass is 35.5. The summed E-state index contributed by atoms with van der Waals surface area (Å²) in [4.78, 5) is 27.6. The fourth-order valence-electron chi connectivity index (χ4n) is 3.26. The Kier molecular flexibility index (Phi) is 9.91. The van der Waals surface area contributed by atoms with E-state index in [1.165, 1.54) is 54.5 Å². The largest absolute Gasteiger partial charge is 0.495 e. The second kappa shape index (κ2) is 12.2. The Morgan fingerprint density at radius 1 is 1.14 bits per heavy atom. The number of carbonyl (C=O) groups is 2. The van der Waals surface area contributed by atoms with Crippen LogP contribution in [0.1, 0.15) is 32.8 Å². The number of hydrogen-bond acceptors (Lipinski definition) is 5. The van der Waals surface area contributed by atoms with E-state index < -0.39 is 34.3 Å². The van der Waals surface area contributed by atoms with E-state index in [-0.39, 0.29) is 29.2 Å². The average Bonchev–Trinajstić information content (AvgIpc) is 2.80. The van der Waals surface area contributed by atoms with Crippen LogP contribution < -0.4 is 14.4 Å². The Balaban J connectivity index is 2.40. The number of nitrogens with one attached hydrogen (secondary N) is 1. The quantitative estimate of drug-likeness (QED) is 0.482. The molecule has 0 bridgehead atoms. The van der Waals surface area contributed by atoms with E-state index in [1.807, 2.05) is 13.8 Å². The minimum atomic E-state index is -3.89. The summed E-state index contributed by atoms with van der Waals surface area (Å²) < 4.78 is 44.6. The number of nitrogens with zero attached hydrogens (tertiary/aromatic N) is 2. The maximum absolute atomic E-state index is 13.5. The van der Waals surface area contributed by atoms with Gasteiger partial charge in [0.2, 0.25) is 21.8 Å². The van der Waals surface area contributed by atoms with Gasteiger partial charge in [-0.1, -0.05) is 30.7 Å². The van der Waals surface area contributed by atoms with Crippen molar-refractivity contribution in [2.45, 2.75) is 45.8 Å².